The fourth-order valence-corrected chi connectivity index (χ4v) is 1.46. The van der Waals surface area contributed by atoms with Gasteiger partial charge in [-0.2, -0.15) is 0 Å². The molecule has 0 fully saturated rings. The van der Waals surface area contributed by atoms with Crippen LogP contribution in [0, 0.1) is 0 Å². The Balaban J connectivity index is 2.93. The molecule has 0 aliphatic carbocycles. The lowest BCUT2D eigenvalue weighted by molar-refractivity contribution is -0.912. The molecular formula is C13H21N2+. The molecule has 1 aromatic carbocycles. The van der Waals surface area contributed by atoms with Crippen molar-refractivity contribution >= 4 is 5.71 Å². The first kappa shape index (κ1) is 11.9. The minimum atomic E-state index is 0.751. The summed E-state index contributed by atoms with van der Waals surface area (Å²) in [5.41, 5.74) is 2.32. The van der Waals surface area contributed by atoms with Gasteiger partial charge in [-0.1, -0.05) is 35.4 Å². The molecule has 0 aliphatic heterocycles. The zero-order valence-corrected chi connectivity index (χ0v) is 10.2. The van der Waals surface area contributed by atoms with E-state index in [-0.39, 0.29) is 0 Å². The van der Waals surface area contributed by atoms with Crippen LogP contribution in [0.15, 0.2) is 35.4 Å². The van der Waals surface area contributed by atoms with Crippen molar-refractivity contribution in [1.29, 1.82) is 0 Å². The fraction of sp³-hybridized carbons (Fsp3) is 0.462. The summed E-state index contributed by atoms with van der Waals surface area (Å²) in [4.78, 5) is 0. The molecule has 15 heavy (non-hydrogen) atoms. The van der Waals surface area contributed by atoms with E-state index in [1.54, 1.807) is 0 Å². The first-order chi connectivity index (χ1) is 7.11. The van der Waals surface area contributed by atoms with Gasteiger partial charge in [0.25, 0.3) is 0 Å². The van der Waals surface area contributed by atoms with Gasteiger partial charge in [-0.15, -0.1) is 0 Å². The van der Waals surface area contributed by atoms with Crippen molar-refractivity contribution in [2.24, 2.45) is 5.10 Å². The Hall–Kier alpha value is -1.15. The molecule has 0 aromatic heterocycles. The van der Waals surface area contributed by atoms with Gasteiger partial charge >= 0.3 is 0 Å². The van der Waals surface area contributed by atoms with Crippen LogP contribution in [0.2, 0.25) is 0 Å². The molecule has 2 heteroatoms. The normalized spacial score (nSPS) is 12.9. The van der Waals surface area contributed by atoms with Crippen LogP contribution in [-0.2, 0) is 0 Å². The maximum Gasteiger partial charge on any atom is 0.100 e. The first-order valence-electron chi connectivity index (χ1n) is 5.58. The summed E-state index contributed by atoms with van der Waals surface area (Å²) in [5, 5.41) is 4.77. The van der Waals surface area contributed by atoms with E-state index in [0.717, 1.165) is 23.4 Å². The second-order valence-electron chi connectivity index (χ2n) is 4.02. The van der Waals surface area contributed by atoms with Crippen LogP contribution < -0.4 is 0 Å². The average Bonchev–Trinajstić information content (AvgIpc) is 2.30. The van der Waals surface area contributed by atoms with Gasteiger partial charge in [-0.05, 0) is 20.8 Å². The smallest absolute Gasteiger partial charge is 0.100 e. The molecule has 0 atom stereocenters. The quantitative estimate of drug-likeness (QED) is 0.407. The second kappa shape index (κ2) is 5.08. The molecule has 0 amide bonds. The molecule has 0 spiro atoms. The monoisotopic (exact) mass is 205 g/mol. The van der Waals surface area contributed by atoms with E-state index in [4.69, 9.17) is 5.10 Å². The van der Waals surface area contributed by atoms with Gasteiger partial charge in [0.15, 0.2) is 0 Å². The molecular weight excluding hydrogens is 184 g/mol. The number of nitrogens with zero attached hydrogens (tertiary/aromatic N) is 2. The number of hydrogen-bond donors (Lipinski definition) is 0. The summed E-state index contributed by atoms with van der Waals surface area (Å²) < 4.78 is 0.751. The molecule has 0 N–H and O–H groups in total. The zero-order valence-electron chi connectivity index (χ0n) is 10.2. The van der Waals surface area contributed by atoms with Crippen LogP contribution in [0.4, 0.5) is 0 Å². The van der Waals surface area contributed by atoms with Gasteiger partial charge in [0.1, 0.15) is 13.1 Å². The highest BCUT2D eigenvalue weighted by Crippen LogP contribution is 2.07. The van der Waals surface area contributed by atoms with E-state index in [9.17, 15) is 0 Å². The largest absolute Gasteiger partial charge is 0.200 e. The lowest BCUT2D eigenvalue weighted by Crippen LogP contribution is -2.38. The molecule has 0 aliphatic rings. The van der Waals surface area contributed by atoms with Crippen LogP contribution >= 0.6 is 0 Å². The lowest BCUT2D eigenvalue weighted by atomic mass is 10.1. The van der Waals surface area contributed by atoms with Crippen LogP contribution in [-0.4, -0.2) is 30.4 Å². The van der Waals surface area contributed by atoms with E-state index >= 15 is 0 Å². The third kappa shape index (κ3) is 3.17. The molecule has 0 heterocycles. The van der Waals surface area contributed by atoms with Crippen LogP contribution in [0.3, 0.4) is 0 Å². The molecule has 0 radical (unpaired) electrons. The summed E-state index contributed by atoms with van der Waals surface area (Å²) in [5.74, 6) is 0. The van der Waals surface area contributed by atoms with E-state index in [2.05, 4.69) is 52.1 Å². The third-order valence-corrected chi connectivity index (χ3v) is 2.95. The Morgan fingerprint density at radius 1 is 1.13 bits per heavy atom. The van der Waals surface area contributed by atoms with Gasteiger partial charge in [-0.25, -0.2) is 4.59 Å². The topological polar surface area (TPSA) is 12.4 Å². The highest BCUT2D eigenvalue weighted by Gasteiger charge is 2.16. The minimum absolute atomic E-state index is 0.751. The molecule has 82 valence electrons. The molecule has 2 nitrogen and oxygen atoms in total. The summed E-state index contributed by atoms with van der Waals surface area (Å²) in [7, 11) is 2.16. The molecule has 0 saturated heterocycles. The molecule has 0 unspecified atom stereocenters. The lowest BCUT2D eigenvalue weighted by Gasteiger charge is -2.25. The minimum Gasteiger partial charge on any atom is -0.200 e. The van der Waals surface area contributed by atoms with Gasteiger partial charge in [0.05, 0.1) is 12.8 Å². The van der Waals surface area contributed by atoms with Gasteiger partial charge in [0.2, 0.25) is 0 Å². The SMILES string of the molecule is CC[N+](C)(CC)N=C(C)c1ccccc1. The van der Waals surface area contributed by atoms with Gasteiger partial charge in [-0.3, -0.25) is 0 Å². The summed E-state index contributed by atoms with van der Waals surface area (Å²) in [6, 6.07) is 10.3. The maximum absolute atomic E-state index is 4.77. The Kier molecular flexibility index (Phi) is 4.04. The van der Waals surface area contributed by atoms with Crippen molar-refractivity contribution in [3.05, 3.63) is 35.9 Å². The maximum atomic E-state index is 4.77. The van der Waals surface area contributed by atoms with Crippen LogP contribution in [0.25, 0.3) is 0 Å². The highest BCUT2D eigenvalue weighted by molar-refractivity contribution is 5.98. The van der Waals surface area contributed by atoms with E-state index in [0.29, 0.717) is 0 Å². The number of rotatable bonds is 4. The molecule has 1 aromatic rings. The van der Waals surface area contributed by atoms with Gasteiger partial charge < -0.3 is 0 Å². The van der Waals surface area contributed by atoms with E-state index in [1.165, 1.54) is 5.56 Å². The van der Waals surface area contributed by atoms with Crippen molar-refractivity contribution in [3.63, 3.8) is 0 Å². The number of quaternary nitrogens is 1. The van der Waals surface area contributed by atoms with E-state index in [1.807, 2.05) is 6.07 Å². The van der Waals surface area contributed by atoms with Crippen molar-refractivity contribution in [2.75, 3.05) is 20.1 Å². The van der Waals surface area contributed by atoms with Gasteiger partial charge in [0, 0.05) is 5.56 Å². The zero-order chi connectivity index (χ0) is 11.3. The standard InChI is InChI=1S/C13H21N2/c1-5-15(4,6-2)14-12(3)13-10-8-7-9-11-13/h7-11H,5-6H2,1-4H3/q+1. The third-order valence-electron chi connectivity index (χ3n) is 2.95. The summed E-state index contributed by atoms with van der Waals surface area (Å²) in [6.45, 7) is 8.48. The van der Waals surface area contributed by atoms with Crippen molar-refractivity contribution < 1.29 is 4.59 Å². The number of hydrogen-bond acceptors (Lipinski definition) is 1. The number of benzene rings is 1. The Labute approximate surface area is 92.8 Å². The Morgan fingerprint density at radius 3 is 2.13 bits per heavy atom. The second-order valence-corrected chi connectivity index (χ2v) is 4.02. The average molecular weight is 205 g/mol. The van der Waals surface area contributed by atoms with Crippen LogP contribution in [0.5, 0.6) is 0 Å². The molecule has 1 rings (SSSR count). The summed E-state index contributed by atoms with van der Waals surface area (Å²) in [6.07, 6.45) is 0. The fourth-order valence-electron chi connectivity index (χ4n) is 1.46. The predicted molar refractivity (Wildman–Crippen MR) is 65.9 cm³/mol. The molecule has 0 saturated carbocycles. The highest BCUT2D eigenvalue weighted by atomic mass is 15.6. The molecule has 0 bridgehead atoms. The predicted octanol–water partition coefficient (Wildman–Crippen LogP) is 2.90. The Bertz CT molecular complexity index is 324. The Morgan fingerprint density at radius 2 is 1.67 bits per heavy atom. The van der Waals surface area contributed by atoms with E-state index < -0.39 is 0 Å². The van der Waals surface area contributed by atoms with Crippen molar-refractivity contribution in [3.8, 4) is 0 Å². The van der Waals surface area contributed by atoms with Crippen molar-refractivity contribution in [2.45, 2.75) is 20.8 Å². The summed E-state index contributed by atoms with van der Waals surface area (Å²) >= 11 is 0. The van der Waals surface area contributed by atoms with Crippen molar-refractivity contribution in [1.82, 2.24) is 0 Å². The first-order valence-corrected chi connectivity index (χ1v) is 5.58. The van der Waals surface area contributed by atoms with Crippen LogP contribution in [0.1, 0.15) is 26.3 Å².